The Hall–Kier alpha value is -2.16. The first-order chi connectivity index (χ1) is 11.4. The lowest BCUT2D eigenvalue weighted by atomic mass is 10.3. The monoisotopic (exact) mass is 386 g/mol. The second kappa shape index (κ2) is 6.39. The second-order valence-corrected chi connectivity index (χ2v) is 7.21. The summed E-state index contributed by atoms with van der Waals surface area (Å²) in [7, 11) is -4.00. The first-order valence-electron chi connectivity index (χ1n) is 6.49. The molecule has 0 fully saturated rings. The van der Waals surface area contributed by atoms with Gasteiger partial charge in [0.2, 0.25) is 0 Å². The number of anilines is 1. The highest BCUT2D eigenvalue weighted by Crippen LogP contribution is 2.27. The van der Waals surface area contributed by atoms with Crippen molar-refractivity contribution in [2.24, 2.45) is 0 Å². The lowest BCUT2D eigenvalue weighted by molar-refractivity contribution is 0.599. The summed E-state index contributed by atoms with van der Waals surface area (Å²) in [6.07, 6.45) is 2.72. The smallest absolute Gasteiger partial charge is 0.262 e. The van der Waals surface area contributed by atoms with Gasteiger partial charge in [-0.3, -0.25) is 4.72 Å². The molecule has 0 aliphatic carbocycles. The van der Waals surface area contributed by atoms with Crippen LogP contribution in [0.1, 0.15) is 0 Å². The molecule has 1 heterocycles. The van der Waals surface area contributed by atoms with Crippen LogP contribution in [0.5, 0.6) is 0 Å². The molecule has 0 amide bonds. The normalized spacial score (nSPS) is 11.5. The predicted octanol–water partition coefficient (Wildman–Crippen LogP) is 3.51. The van der Waals surface area contributed by atoms with E-state index in [4.69, 9.17) is 23.2 Å². The van der Waals surface area contributed by atoms with E-state index in [-0.39, 0.29) is 15.6 Å². The molecule has 0 bridgehead atoms. The van der Waals surface area contributed by atoms with Crippen molar-refractivity contribution >= 4 is 38.9 Å². The first kappa shape index (κ1) is 16.7. The van der Waals surface area contributed by atoms with Crippen molar-refractivity contribution in [3.05, 3.63) is 64.9 Å². The van der Waals surface area contributed by atoms with E-state index in [1.54, 1.807) is 12.1 Å². The molecule has 0 spiro atoms. The summed E-state index contributed by atoms with van der Waals surface area (Å²) in [6.45, 7) is 0. The van der Waals surface area contributed by atoms with E-state index in [1.807, 2.05) is 0 Å². The van der Waals surface area contributed by atoms with Gasteiger partial charge in [0.25, 0.3) is 10.0 Å². The Kier molecular flexibility index (Phi) is 4.44. The SMILES string of the molecule is O=S(=O)(Nc1cc(Cl)ccc1-n1cncn1)c1ccc(F)c(Cl)c1. The highest BCUT2D eigenvalue weighted by atomic mass is 35.5. The topological polar surface area (TPSA) is 76.9 Å². The summed E-state index contributed by atoms with van der Waals surface area (Å²) in [6, 6.07) is 7.73. The van der Waals surface area contributed by atoms with Crippen molar-refractivity contribution in [3.8, 4) is 5.69 Å². The molecule has 3 rings (SSSR count). The molecule has 1 aromatic heterocycles. The predicted molar refractivity (Wildman–Crippen MR) is 88.6 cm³/mol. The zero-order valence-electron chi connectivity index (χ0n) is 11.8. The van der Waals surface area contributed by atoms with E-state index in [2.05, 4.69) is 14.8 Å². The minimum absolute atomic E-state index is 0.182. The first-order valence-corrected chi connectivity index (χ1v) is 8.73. The zero-order chi connectivity index (χ0) is 17.3. The summed E-state index contributed by atoms with van der Waals surface area (Å²) < 4.78 is 42.0. The van der Waals surface area contributed by atoms with Gasteiger partial charge < -0.3 is 0 Å². The minimum atomic E-state index is -4.00. The van der Waals surface area contributed by atoms with Crippen LogP contribution in [0.3, 0.4) is 0 Å². The second-order valence-electron chi connectivity index (χ2n) is 4.68. The summed E-state index contributed by atoms with van der Waals surface area (Å²) in [5, 5.41) is 4.00. The Morgan fingerprint density at radius 2 is 1.92 bits per heavy atom. The van der Waals surface area contributed by atoms with E-state index in [1.165, 1.54) is 23.4 Å². The minimum Gasteiger partial charge on any atom is -0.277 e. The molecule has 0 unspecified atom stereocenters. The van der Waals surface area contributed by atoms with Crippen molar-refractivity contribution in [2.75, 3.05) is 4.72 Å². The van der Waals surface area contributed by atoms with Crippen LogP contribution in [0.4, 0.5) is 10.1 Å². The van der Waals surface area contributed by atoms with E-state index >= 15 is 0 Å². The van der Waals surface area contributed by atoms with Gasteiger partial charge in [-0.15, -0.1) is 0 Å². The van der Waals surface area contributed by atoms with Crippen LogP contribution >= 0.6 is 23.2 Å². The molecule has 0 saturated carbocycles. The molecule has 0 aliphatic heterocycles. The quantitative estimate of drug-likeness (QED) is 0.743. The third-order valence-electron chi connectivity index (χ3n) is 3.07. The van der Waals surface area contributed by atoms with Gasteiger partial charge in [0.1, 0.15) is 18.5 Å². The highest BCUT2D eigenvalue weighted by molar-refractivity contribution is 7.92. The number of halogens is 3. The number of hydrogen-bond acceptors (Lipinski definition) is 4. The number of nitrogens with zero attached hydrogens (tertiary/aromatic N) is 3. The largest absolute Gasteiger partial charge is 0.277 e. The van der Waals surface area contributed by atoms with E-state index < -0.39 is 15.8 Å². The Morgan fingerprint density at radius 1 is 1.12 bits per heavy atom. The average molecular weight is 387 g/mol. The van der Waals surface area contributed by atoms with Gasteiger partial charge in [-0.2, -0.15) is 5.10 Å². The number of aromatic nitrogens is 3. The van der Waals surface area contributed by atoms with Crippen LogP contribution in [0.15, 0.2) is 53.9 Å². The number of hydrogen-bond donors (Lipinski definition) is 1. The summed E-state index contributed by atoms with van der Waals surface area (Å²) in [5.41, 5.74) is 0.613. The van der Waals surface area contributed by atoms with Crippen LogP contribution < -0.4 is 4.72 Å². The van der Waals surface area contributed by atoms with Gasteiger partial charge in [0.15, 0.2) is 0 Å². The molecule has 0 aliphatic rings. The van der Waals surface area contributed by atoms with Crippen molar-refractivity contribution in [1.29, 1.82) is 0 Å². The summed E-state index contributed by atoms with van der Waals surface area (Å²) in [4.78, 5) is 3.64. The van der Waals surface area contributed by atoms with Crippen molar-refractivity contribution in [2.45, 2.75) is 4.90 Å². The maximum absolute atomic E-state index is 13.2. The number of sulfonamides is 1. The molecular weight excluding hydrogens is 378 g/mol. The number of benzene rings is 2. The molecule has 124 valence electrons. The lowest BCUT2D eigenvalue weighted by Gasteiger charge is -2.13. The fraction of sp³-hybridized carbons (Fsp3) is 0. The van der Waals surface area contributed by atoms with E-state index in [0.717, 1.165) is 18.2 Å². The molecule has 0 radical (unpaired) electrons. The van der Waals surface area contributed by atoms with Crippen molar-refractivity contribution in [1.82, 2.24) is 14.8 Å². The molecule has 2 aromatic carbocycles. The van der Waals surface area contributed by atoms with Crippen LogP contribution in [0.2, 0.25) is 10.0 Å². The highest BCUT2D eigenvalue weighted by Gasteiger charge is 2.19. The third kappa shape index (κ3) is 3.35. The number of nitrogens with one attached hydrogen (secondary N) is 1. The van der Waals surface area contributed by atoms with E-state index in [9.17, 15) is 12.8 Å². The Balaban J connectivity index is 2.04. The Morgan fingerprint density at radius 3 is 2.58 bits per heavy atom. The molecule has 1 N–H and O–H groups in total. The molecule has 0 atom stereocenters. The molecule has 0 saturated heterocycles. The van der Waals surface area contributed by atoms with Crippen molar-refractivity contribution in [3.63, 3.8) is 0 Å². The molecule has 24 heavy (non-hydrogen) atoms. The molecule has 3 aromatic rings. The zero-order valence-corrected chi connectivity index (χ0v) is 14.1. The molecule has 6 nitrogen and oxygen atoms in total. The fourth-order valence-electron chi connectivity index (χ4n) is 1.97. The Labute approximate surface area is 146 Å². The average Bonchev–Trinajstić information content (AvgIpc) is 3.03. The summed E-state index contributed by atoms with van der Waals surface area (Å²) in [5.74, 6) is -0.707. The lowest BCUT2D eigenvalue weighted by Crippen LogP contribution is -2.15. The molecule has 10 heteroatoms. The van der Waals surface area contributed by atoms with Gasteiger partial charge in [-0.25, -0.2) is 22.5 Å². The van der Waals surface area contributed by atoms with Gasteiger partial charge in [0.05, 0.1) is 21.3 Å². The van der Waals surface area contributed by atoms with Gasteiger partial charge in [-0.05, 0) is 36.4 Å². The summed E-state index contributed by atoms with van der Waals surface area (Å²) >= 11 is 11.6. The maximum Gasteiger partial charge on any atom is 0.262 e. The van der Waals surface area contributed by atoms with Gasteiger partial charge >= 0.3 is 0 Å². The maximum atomic E-state index is 13.2. The van der Waals surface area contributed by atoms with Crippen molar-refractivity contribution < 1.29 is 12.8 Å². The van der Waals surface area contributed by atoms with Crippen LogP contribution in [0, 0.1) is 5.82 Å². The number of rotatable bonds is 4. The third-order valence-corrected chi connectivity index (χ3v) is 4.96. The fourth-order valence-corrected chi connectivity index (χ4v) is 3.48. The van der Waals surface area contributed by atoms with Crippen LogP contribution in [-0.2, 0) is 10.0 Å². The van der Waals surface area contributed by atoms with Gasteiger partial charge in [-0.1, -0.05) is 23.2 Å². The molecular formula is C14H9Cl2FN4O2S. The van der Waals surface area contributed by atoms with E-state index in [0.29, 0.717) is 10.7 Å². The van der Waals surface area contributed by atoms with Crippen LogP contribution in [-0.4, -0.2) is 23.2 Å². The standard InChI is InChI=1S/C14H9Cl2FN4O2S/c15-9-1-4-14(21-8-18-7-19-21)13(5-9)20-24(22,23)10-2-3-12(17)11(16)6-10/h1-8,20H. The Bertz CT molecular complexity index is 994. The van der Waals surface area contributed by atoms with Crippen LogP contribution in [0.25, 0.3) is 5.69 Å². The van der Waals surface area contributed by atoms with Gasteiger partial charge in [0, 0.05) is 5.02 Å².